The molecule has 0 saturated heterocycles. The molecule has 0 aliphatic rings. The predicted octanol–water partition coefficient (Wildman–Crippen LogP) is 3.26. The van der Waals surface area contributed by atoms with Crippen molar-refractivity contribution in [2.45, 2.75) is 6.61 Å². The molecule has 4 heteroatoms. The van der Waals surface area contributed by atoms with Gasteiger partial charge in [-0.2, -0.15) is 0 Å². The molecule has 0 atom stereocenters. The molecule has 88 valence electrons. The van der Waals surface area contributed by atoms with Crippen molar-refractivity contribution in [3.8, 4) is 11.1 Å². The average Bonchev–Trinajstić information content (AvgIpc) is 2.36. The van der Waals surface area contributed by atoms with Gasteiger partial charge in [-0.05, 0) is 23.3 Å². The molecule has 17 heavy (non-hydrogen) atoms. The minimum Gasteiger partial charge on any atom is -0.392 e. The van der Waals surface area contributed by atoms with E-state index in [2.05, 4.69) is 0 Å². The van der Waals surface area contributed by atoms with Crippen LogP contribution in [0, 0.1) is 17.5 Å². The first-order valence-electron chi connectivity index (χ1n) is 4.97. The summed E-state index contributed by atoms with van der Waals surface area (Å²) in [5.74, 6) is -3.89. The second kappa shape index (κ2) is 4.59. The van der Waals surface area contributed by atoms with Crippen LogP contribution < -0.4 is 0 Å². The Balaban J connectivity index is 2.49. The zero-order valence-electron chi connectivity index (χ0n) is 8.75. The average molecular weight is 238 g/mol. The van der Waals surface area contributed by atoms with E-state index in [1.54, 1.807) is 24.3 Å². The second-order valence-corrected chi connectivity index (χ2v) is 3.58. The van der Waals surface area contributed by atoms with Crippen LogP contribution in [0.2, 0.25) is 0 Å². The van der Waals surface area contributed by atoms with Crippen LogP contribution in [0.3, 0.4) is 0 Å². The summed E-state index contributed by atoms with van der Waals surface area (Å²) in [6.07, 6.45) is 0. The Morgan fingerprint density at radius 1 is 0.824 bits per heavy atom. The summed E-state index contributed by atoms with van der Waals surface area (Å²) in [4.78, 5) is 0. The molecule has 1 nitrogen and oxygen atoms in total. The summed E-state index contributed by atoms with van der Waals surface area (Å²) < 4.78 is 39.2. The largest absolute Gasteiger partial charge is 0.392 e. The summed E-state index contributed by atoms with van der Waals surface area (Å²) in [6.45, 7) is -0.124. The van der Waals surface area contributed by atoms with Crippen molar-refractivity contribution < 1.29 is 18.3 Å². The molecule has 2 rings (SSSR count). The number of hydrogen-bond acceptors (Lipinski definition) is 1. The van der Waals surface area contributed by atoms with Gasteiger partial charge < -0.3 is 5.11 Å². The smallest absolute Gasteiger partial charge is 0.195 e. The summed E-state index contributed by atoms with van der Waals surface area (Å²) in [5.41, 5.74) is 1.09. The highest BCUT2D eigenvalue weighted by molar-refractivity contribution is 5.64. The van der Waals surface area contributed by atoms with Crippen molar-refractivity contribution in [2.75, 3.05) is 0 Å². The van der Waals surface area contributed by atoms with E-state index >= 15 is 0 Å². The van der Waals surface area contributed by atoms with E-state index in [0.29, 0.717) is 11.1 Å². The summed E-state index contributed by atoms with van der Waals surface area (Å²) in [5, 5.41) is 8.85. The molecular formula is C13H9F3O. The minimum atomic E-state index is -1.48. The zero-order valence-corrected chi connectivity index (χ0v) is 8.75. The number of halogens is 3. The van der Waals surface area contributed by atoms with E-state index in [1.807, 2.05) is 0 Å². The van der Waals surface area contributed by atoms with Crippen LogP contribution in [0.25, 0.3) is 11.1 Å². The summed E-state index contributed by atoms with van der Waals surface area (Å²) in [6, 6.07) is 8.34. The molecule has 2 aromatic carbocycles. The lowest BCUT2D eigenvalue weighted by molar-refractivity contribution is 0.282. The van der Waals surface area contributed by atoms with Crippen LogP contribution in [-0.4, -0.2) is 5.11 Å². The van der Waals surface area contributed by atoms with Crippen LogP contribution in [0.15, 0.2) is 36.4 Å². The summed E-state index contributed by atoms with van der Waals surface area (Å²) in [7, 11) is 0. The van der Waals surface area contributed by atoms with Gasteiger partial charge in [-0.15, -0.1) is 0 Å². The quantitative estimate of drug-likeness (QED) is 0.796. The fraction of sp³-hybridized carbons (Fsp3) is 0.0769. The topological polar surface area (TPSA) is 20.2 Å². The van der Waals surface area contributed by atoms with E-state index in [-0.39, 0.29) is 12.2 Å². The van der Waals surface area contributed by atoms with Gasteiger partial charge in [0.25, 0.3) is 0 Å². The van der Waals surface area contributed by atoms with Crippen LogP contribution in [0.4, 0.5) is 13.2 Å². The third kappa shape index (κ3) is 2.17. The normalized spacial score (nSPS) is 10.6. The van der Waals surface area contributed by atoms with Crippen LogP contribution in [-0.2, 0) is 6.61 Å². The molecule has 0 fully saturated rings. The molecule has 0 aromatic heterocycles. The highest BCUT2D eigenvalue weighted by Crippen LogP contribution is 2.26. The molecule has 0 bridgehead atoms. The third-order valence-electron chi connectivity index (χ3n) is 2.48. The number of aliphatic hydroxyl groups excluding tert-OH is 1. The number of hydrogen-bond donors (Lipinski definition) is 1. The van der Waals surface area contributed by atoms with E-state index < -0.39 is 17.5 Å². The fourth-order valence-electron chi connectivity index (χ4n) is 1.54. The lowest BCUT2D eigenvalue weighted by atomic mass is 10.0. The maximum absolute atomic E-state index is 13.5. The van der Waals surface area contributed by atoms with Crippen molar-refractivity contribution in [2.24, 2.45) is 0 Å². The van der Waals surface area contributed by atoms with Gasteiger partial charge >= 0.3 is 0 Å². The first-order chi connectivity index (χ1) is 8.13. The highest BCUT2D eigenvalue weighted by atomic mass is 19.2. The number of rotatable bonds is 2. The Hall–Kier alpha value is -1.81. The zero-order chi connectivity index (χ0) is 12.4. The van der Waals surface area contributed by atoms with Gasteiger partial charge in [0.05, 0.1) is 6.61 Å². The van der Waals surface area contributed by atoms with E-state index in [0.717, 1.165) is 6.07 Å². The van der Waals surface area contributed by atoms with Gasteiger partial charge in [0.1, 0.15) is 0 Å². The Morgan fingerprint density at radius 3 is 2.06 bits per heavy atom. The standard InChI is InChI=1S/C13H9F3O/c14-11-6-5-10(12(15)13(11)16)9-3-1-8(7-17)2-4-9/h1-6,17H,7H2. The van der Waals surface area contributed by atoms with Crippen molar-refractivity contribution >= 4 is 0 Å². The van der Waals surface area contributed by atoms with Gasteiger partial charge in [-0.25, -0.2) is 13.2 Å². The lowest BCUT2D eigenvalue weighted by Gasteiger charge is -2.05. The molecule has 0 spiro atoms. The molecule has 2 aromatic rings. The maximum Gasteiger partial charge on any atom is 0.195 e. The third-order valence-corrected chi connectivity index (χ3v) is 2.48. The van der Waals surface area contributed by atoms with E-state index in [1.165, 1.54) is 6.07 Å². The fourth-order valence-corrected chi connectivity index (χ4v) is 1.54. The first kappa shape index (κ1) is 11.7. The highest BCUT2D eigenvalue weighted by Gasteiger charge is 2.14. The van der Waals surface area contributed by atoms with Gasteiger partial charge in [0, 0.05) is 5.56 Å². The Kier molecular flexibility index (Phi) is 3.15. The molecule has 0 unspecified atom stereocenters. The van der Waals surface area contributed by atoms with Gasteiger partial charge in [-0.1, -0.05) is 24.3 Å². The predicted molar refractivity (Wildman–Crippen MR) is 57.7 cm³/mol. The molecule has 0 heterocycles. The van der Waals surface area contributed by atoms with Crippen molar-refractivity contribution in [1.29, 1.82) is 0 Å². The Labute approximate surface area is 96.1 Å². The number of benzene rings is 2. The van der Waals surface area contributed by atoms with Crippen LogP contribution in [0.1, 0.15) is 5.56 Å². The second-order valence-electron chi connectivity index (χ2n) is 3.58. The Morgan fingerprint density at radius 2 is 1.47 bits per heavy atom. The van der Waals surface area contributed by atoms with Gasteiger partial charge in [-0.3, -0.25) is 0 Å². The molecule has 0 aliphatic carbocycles. The van der Waals surface area contributed by atoms with E-state index in [9.17, 15) is 13.2 Å². The van der Waals surface area contributed by atoms with Crippen LogP contribution >= 0.6 is 0 Å². The van der Waals surface area contributed by atoms with Crippen LogP contribution in [0.5, 0.6) is 0 Å². The first-order valence-corrected chi connectivity index (χ1v) is 4.97. The monoisotopic (exact) mass is 238 g/mol. The summed E-state index contributed by atoms with van der Waals surface area (Å²) >= 11 is 0. The van der Waals surface area contributed by atoms with E-state index in [4.69, 9.17) is 5.11 Å². The van der Waals surface area contributed by atoms with Crippen molar-refractivity contribution in [3.63, 3.8) is 0 Å². The Bertz CT molecular complexity index is 535. The van der Waals surface area contributed by atoms with Crippen molar-refractivity contribution in [3.05, 3.63) is 59.4 Å². The molecule has 1 N–H and O–H groups in total. The molecule has 0 saturated carbocycles. The lowest BCUT2D eigenvalue weighted by Crippen LogP contribution is -1.94. The van der Waals surface area contributed by atoms with Gasteiger partial charge in [0.15, 0.2) is 17.5 Å². The minimum absolute atomic E-state index is 0.00612. The maximum atomic E-state index is 13.5. The molecule has 0 aliphatic heterocycles. The molecular weight excluding hydrogens is 229 g/mol. The van der Waals surface area contributed by atoms with Gasteiger partial charge in [0.2, 0.25) is 0 Å². The SMILES string of the molecule is OCc1ccc(-c2ccc(F)c(F)c2F)cc1. The molecule has 0 radical (unpaired) electrons. The van der Waals surface area contributed by atoms with Crippen molar-refractivity contribution in [1.82, 2.24) is 0 Å². The molecule has 0 amide bonds. The number of aliphatic hydroxyl groups is 1.